The third-order valence-electron chi connectivity index (χ3n) is 6.49. The number of non-ortho nitro benzene ring substituents is 1. The van der Waals surface area contributed by atoms with Gasteiger partial charge in [0.1, 0.15) is 11.6 Å². The summed E-state index contributed by atoms with van der Waals surface area (Å²) in [6.45, 7) is 2.93. The van der Waals surface area contributed by atoms with Crippen LogP contribution in [-0.2, 0) is 14.1 Å². The number of nitrogens with zero attached hydrogens (tertiary/aromatic N) is 6. The molecule has 0 amide bonds. The van der Waals surface area contributed by atoms with E-state index >= 15 is 0 Å². The number of nitro benzene ring substituents is 1. The molecule has 1 aliphatic heterocycles. The summed E-state index contributed by atoms with van der Waals surface area (Å²) in [7, 11) is 3.09. The molecule has 3 heterocycles. The standard InChI is InChI=1S/C25H28N6O6/c1-27-22(14-23(32)28(2)25(27)34)30-12-10-29(11-13-30)16-19(24(33)18-4-3-9-26-15-18)17-37-21-7-5-20(6-8-21)31(35)36/h3-9,14-15,19H,10-13,16-17H2,1-2H3. The lowest BCUT2D eigenvalue weighted by Crippen LogP contribution is -2.51. The first-order valence-corrected chi connectivity index (χ1v) is 11.8. The van der Waals surface area contributed by atoms with E-state index in [1.165, 1.54) is 48.1 Å². The van der Waals surface area contributed by atoms with Crippen LogP contribution in [0.4, 0.5) is 11.5 Å². The second-order valence-corrected chi connectivity index (χ2v) is 8.89. The van der Waals surface area contributed by atoms with Crippen LogP contribution in [0, 0.1) is 16.0 Å². The van der Waals surface area contributed by atoms with Gasteiger partial charge in [0.25, 0.3) is 11.2 Å². The van der Waals surface area contributed by atoms with Gasteiger partial charge in [-0.1, -0.05) is 0 Å². The smallest absolute Gasteiger partial charge is 0.332 e. The molecule has 1 aliphatic rings. The van der Waals surface area contributed by atoms with Crippen molar-refractivity contribution in [2.75, 3.05) is 44.2 Å². The van der Waals surface area contributed by atoms with Gasteiger partial charge < -0.3 is 9.64 Å². The van der Waals surface area contributed by atoms with Gasteiger partial charge in [-0.15, -0.1) is 0 Å². The van der Waals surface area contributed by atoms with E-state index in [-0.39, 0.29) is 29.3 Å². The number of piperazine rings is 1. The van der Waals surface area contributed by atoms with Crippen LogP contribution in [-0.4, -0.2) is 69.1 Å². The van der Waals surface area contributed by atoms with Crippen LogP contribution in [0.25, 0.3) is 0 Å². The fourth-order valence-electron chi connectivity index (χ4n) is 4.31. The topological polar surface area (TPSA) is 133 Å². The summed E-state index contributed by atoms with van der Waals surface area (Å²) in [6.07, 6.45) is 3.12. The van der Waals surface area contributed by atoms with Gasteiger partial charge in [0.05, 0.1) is 17.4 Å². The number of Topliss-reactive ketones (excluding diaryl/α,β-unsaturated/α-hetero) is 1. The van der Waals surface area contributed by atoms with Crippen LogP contribution in [0.15, 0.2) is 64.4 Å². The summed E-state index contributed by atoms with van der Waals surface area (Å²) in [6, 6.07) is 10.6. The van der Waals surface area contributed by atoms with Gasteiger partial charge in [-0.3, -0.25) is 38.7 Å². The van der Waals surface area contributed by atoms with Crippen LogP contribution < -0.4 is 20.9 Å². The molecular weight excluding hydrogens is 480 g/mol. The van der Waals surface area contributed by atoms with Crippen LogP contribution in [0.3, 0.4) is 0 Å². The van der Waals surface area contributed by atoms with E-state index in [0.29, 0.717) is 49.9 Å². The highest BCUT2D eigenvalue weighted by atomic mass is 16.6. The molecule has 1 aromatic carbocycles. The van der Waals surface area contributed by atoms with Crippen molar-refractivity contribution >= 4 is 17.3 Å². The van der Waals surface area contributed by atoms with Gasteiger partial charge in [-0.05, 0) is 24.3 Å². The van der Waals surface area contributed by atoms with E-state index in [2.05, 4.69) is 9.88 Å². The number of ether oxygens (including phenoxy) is 1. The number of rotatable bonds is 9. The first-order valence-electron chi connectivity index (χ1n) is 11.8. The number of hydrogen-bond donors (Lipinski definition) is 0. The Bertz CT molecular complexity index is 1380. The summed E-state index contributed by atoms with van der Waals surface area (Å²) in [4.78, 5) is 56.4. The largest absolute Gasteiger partial charge is 0.493 e. The second-order valence-electron chi connectivity index (χ2n) is 8.89. The van der Waals surface area contributed by atoms with Gasteiger partial charge in [-0.25, -0.2) is 4.79 Å². The minimum atomic E-state index is -0.501. The molecule has 194 valence electrons. The molecule has 2 aromatic heterocycles. The Kier molecular flexibility index (Phi) is 7.77. The van der Waals surface area contributed by atoms with Crippen molar-refractivity contribution in [3.63, 3.8) is 0 Å². The lowest BCUT2D eigenvalue weighted by molar-refractivity contribution is -0.384. The zero-order valence-electron chi connectivity index (χ0n) is 20.6. The SMILES string of the molecule is Cn1c(N2CCN(CC(COc3ccc([N+](=O)[O-])cc3)C(=O)c3cccnc3)CC2)cc(=O)n(C)c1=O. The molecule has 1 atom stereocenters. The molecular formula is C25H28N6O6. The Morgan fingerprint density at radius 2 is 1.78 bits per heavy atom. The highest BCUT2D eigenvalue weighted by Gasteiger charge is 2.27. The fraction of sp³-hybridized carbons (Fsp3) is 0.360. The number of pyridine rings is 1. The van der Waals surface area contributed by atoms with Crippen LogP contribution in [0.5, 0.6) is 5.75 Å². The molecule has 0 saturated carbocycles. The monoisotopic (exact) mass is 508 g/mol. The van der Waals surface area contributed by atoms with E-state index in [0.717, 1.165) is 4.57 Å². The first kappa shape index (κ1) is 25.8. The van der Waals surface area contributed by atoms with E-state index in [9.17, 15) is 24.5 Å². The molecule has 37 heavy (non-hydrogen) atoms. The normalized spacial score (nSPS) is 14.8. The van der Waals surface area contributed by atoms with Crippen molar-refractivity contribution in [3.05, 3.63) is 91.4 Å². The van der Waals surface area contributed by atoms with Crippen molar-refractivity contribution in [1.29, 1.82) is 0 Å². The maximum atomic E-state index is 13.3. The van der Waals surface area contributed by atoms with Crippen LogP contribution in [0.1, 0.15) is 10.4 Å². The fourth-order valence-corrected chi connectivity index (χ4v) is 4.31. The molecule has 1 fully saturated rings. The van der Waals surface area contributed by atoms with Crippen molar-refractivity contribution in [3.8, 4) is 5.75 Å². The Hall–Kier alpha value is -4.32. The molecule has 0 N–H and O–H groups in total. The van der Waals surface area contributed by atoms with E-state index in [1.807, 2.05) is 4.90 Å². The van der Waals surface area contributed by atoms with E-state index in [1.54, 1.807) is 25.4 Å². The van der Waals surface area contributed by atoms with Crippen LogP contribution >= 0.6 is 0 Å². The Morgan fingerprint density at radius 1 is 1.08 bits per heavy atom. The average molecular weight is 509 g/mol. The van der Waals surface area contributed by atoms with Gasteiger partial charge in [0.15, 0.2) is 5.78 Å². The number of carbonyl (C=O) groups excluding carboxylic acids is 1. The molecule has 3 aromatic rings. The highest BCUT2D eigenvalue weighted by molar-refractivity contribution is 5.97. The third-order valence-corrected chi connectivity index (χ3v) is 6.49. The molecule has 12 nitrogen and oxygen atoms in total. The van der Waals surface area contributed by atoms with Gasteiger partial charge >= 0.3 is 5.69 Å². The number of hydrogen-bond acceptors (Lipinski definition) is 9. The van der Waals surface area contributed by atoms with Crippen molar-refractivity contribution in [2.45, 2.75) is 0 Å². The van der Waals surface area contributed by atoms with Crippen LogP contribution in [0.2, 0.25) is 0 Å². The highest BCUT2D eigenvalue weighted by Crippen LogP contribution is 2.20. The minimum absolute atomic E-state index is 0.0398. The van der Waals surface area contributed by atoms with E-state index < -0.39 is 10.8 Å². The summed E-state index contributed by atoms with van der Waals surface area (Å²) in [5.74, 6) is 0.397. The molecule has 0 spiro atoms. The van der Waals surface area contributed by atoms with Gasteiger partial charge in [-0.2, -0.15) is 0 Å². The summed E-state index contributed by atoms with van der Waals surface area (Å²) >= 11 is 0. The number of carbonyl (C=O) groups is 1. The zero-order chi connectivity index (χ0) is 26.5. The minimum Gasteiger partial charge on any atom is -0.493 e. The number of nitro groups is 1. The molecule has 4 rings (SSSR count). The molecule has 12 heteroatoms. The summed E-state index contributed by atoms with van der Waals surface area (Å²) in [5.41, 5.74) is -0.294. The van der Waals surface area contributed by atoms with E-state index in [4.69, 9.17) is 4.74 Å². The lowest BCUT2D eigenvalue weighted by Gasteiger charge is -2.37. The maximum Gasteiger partial charge on any atom is 0.332 e. The third kappa shape index (κ3) is 5.92. The summed E-state index contributed by atoms with van der Waals surface area (Å²) < 4.78 is 8.39. The first-order chi connectivity index (χ1) is 17.7. The Balaban J connectivity index is 1.44. The number of ketones is 1. The molecule has 0 aliphatic carbocycles. The quantitative estimate of drug-likeness (QED) is 0.237. The average Bonchev–Trinajstić information content (AvgIpc) is 2.92. The van der Waals surface area contributed by atoms with Crippen molar-refractivity contribution < 1.29 is 14.5 Å². The number of benzene rings is 1. The van der Waals surface area contributed by atoms with Gasteiger partial charge in [0, 0.05) is 83.0 Å². The van der Waals surface area contributed by atoms with Crippen molar-refractivity contribution in [1.82, 2.24) is 19.0 Å². The Morgan fingerprint density at radius 3 is 2.41 bits per heavy atom. The number of anilines is 1. The lowest BCUT2D eigenvalue weighted by atomic mass is 9.98. The molecule has 0 radical (unpaired) electrons. The predicted molar refractivity (Wildman–Crippen MR) is 136 cm³/mol. The van der Waals surface area contributed by atoms with Crippen molar-refractivity contribution in [2.24, 2.45) is 20.0 Å². The maximum absolute atomic E-state index is 13.3. The molecule has 0 bridgehead atoms. The number of aromatic nitrogens is 3. The second kappa shape index (κ2) is 11.2. The van der Waals surface area contributed by atoms with Gasteiger partial charge in [0.2, 0.25) is 0 Å². The molecule has 1 unspecified atom stereocenters. The summed E-state index contributed by atoms with van der Waals surface area (Å²) in [5, 5.41) is 10.9. The molecule has 1 saturated heterocycles. The predicted octanol–water partition coefficient (Wildman–Crippen LogP) is 1.09. The Labute approximate surface area is 212 Å². The zero-order valence-corrected chi connectivity index (χ0v) is 20.6.